The Labute approximate surface area is 140 Å². The SMILES string of the molecule is CCCc1nc(C(OC)C2CCCCC2)nc(Cl)c1I. The molecule has 1 aromatic rings. The van der Waals surface area contributed by atoms with Gasteiger partial charge in [0, 0.05) is 7.11 Å². The molecule has 1 unspecified atom stereocenters. The first kappa shape index (κ1) is 16.4. The van der Waals surface area contributed by atoms with Gasteiger partial charge in [0.1, 0.15) is 11.3 Å². The van der Waals surface area contributed by atoms with Crippen molar-refractivity contribution in [3.8, 4) is 0 Å². The van der Waals surface area contributed by atoms with Gasteiger partial charge in [0.2, 0.25) is 0 Å². The van der Waals surface area contributed by atoms with Crippen molar-refractivity contribution in [2.24, 2.45) is 5.92 Å². The molecule has 0 aliphatic heterocycles. The maximum Gasteiger partial charge on any atom is 0.159 e. The first-order valence-electron chi connectivity index (χ1n) is 7.42. The Morgan fingerprint density at radius 2 is 2.00 bits per heavy atom. The molecule has 0 N–H and O–H groups in total. The highest BCUT2D eigenvalue weighted by Crippen LogP contribution is 2.36. The Morgan fingerprint density at radius 1 is 1.30 bits per heavy atom. The van der Waals surface area contributed by atoms with Crippen LogP contribution in [0.3, 0.4) is 0 Å². The molecule has 1 aliphatic carbocycles. The van der Waals surface area contributed by atoms with Crippen LogP contribution in [0.5, 0.6) is 0 Å². The third-order valence-electron chi connectivity index (χ3n) is 3.97. The quantitative estimate of drug-likeness (QED) is 0.510. The first-order valence-corrected chi connectivity index (χ1v) is 8.87. The normalized spacial score (nSPS) is 18.2. The minimum absolute atomic E-state index is 0.0135. The van der Waals surface area contributed by atoms with E-state index in [1.165, 1.54) is 32.1 Å². The highest BCUT2D eigenvalue weighted by atomic mass is 127. The van der Waals surface area contributed by atoms with Gasteiger partial charge in [-0.2, -0.15) is 0 Å². The van der Waals surface area contributed by atoms with Crippen LogP contribution in [0.15, 0.2) is 0 Å². The molecule has 0 amide bonds. The average molecular weight is 409 g/mol. The number of aryl methyl sites for hydroxylation is 1. The van der Waals surface area contributed by atoms with E-state index in [1.54, 1.807) is 7.11 Å². The molecule has 5 heteroatoms. The number of rotatable bonds is 5. The Kier molecular flexibility index (Phi) is 6.49. The summed E-state index contributed by atoms with van der Waals surface area (Å²) in [6, 6.07) is 0. The van der Waals surface area contributed by atoms with E-state index < -0.39 is 0 Å². The van der Waals surface area contributed by atoms with Crippen molar-refractivity contribution in [3.63, 3.8) is 0 Å². The van der Waals surface area contributed by atoms with Crippen molar-refractivity contribution in [1.29, 1.82) is 0 Å². The highest BCUT2D eigenvalue weighted by Gasteiger charge is 2.28. The third-order valence-corrected chi connectivity index (χ3v) is 5.70. The van der Waals surface area contributed by atoms with Crippen LogP contribution < -0.4 is 0 Å². The minimum Gasteiger partial charge on any atom is -0.373 e. The predicted octanol–water partition coefficient (Wildman–Crippen LogP) is 4.95. The van der Waals surface area contributed by atoms with Crippen LogP contribution in [0, 0.1) is 9.49 Å². The lowest BCUT2D eigenvalue weighted by Crippen LogP contribution is -2.21. The molecule has 0 spiro atoms. The van der Waals surface area contributed by atoms with E-state index in [-0.39, 0.29) is 6.10 Å². The van der Waals surface area contributed by atoms with Gasteiger partial charge in [0.15, 0.2) is 5.82 Å². The molecule has 1 aliphatic rings. The Bertz CT molecular complexity index is 450. The molecule has 1 heterocycles. The summed E-state index contributed by atoms with van der Waals surface area (Å²) in [6.45, 7) is 2.15. The number of ether oxygens (including phenoxy) is 1. The van der Waals surface area contributed by atoms with Gasteiger partial charge in [-0.15, -0.1) is 0 Å². The van der Waals surface area contributed by atoms with E-state index in [0.29, 0.717) is 11.1 Å². The van der Waals surface area contributed by atoms with E-state index in [4.69, 9.17) is 21.3 Å². The molecule has 1 saturated carbocycles. The second-order valence-electron chi connectivity index (χ2n) is 5.44. The fourth-order valence-corrected chi connectivity index (χ4v) is 3.66. The van der Waals surface area contributed by atoms with Crippen LogP contribution in [0.2, 0.25) is 5.15 Å². The van der Waals surface area contributed by atoms with Gasteiger partial charge in [0.25, 0.3) is 0 Å². The Hall–Kier alpha value is 0.0600. The summed E-state index contributed by atoms with van der Waals surface area (Å²) in [5.74, 6) is 1.30. The van der Waals surface area contributed by atoms with Crippen LogP contribution in [0.4, 0.5) is 0 Å². The number of aromatic nitrogens is 2. The number of nitrogens with zero attached hydrogens (tertiary/aromatic N) is 2. The molecule has 0 bridgehead atoms. The largest absolute Gasteiger partial charge is 0.373 e. The van der Waals surface area contributed by atoms with Crippen molar-refractivity contribution < 1.29 is 4.74 Å². The maximum absolute atomic E-state index is 6.28. The van der Waals surface area contributed by atoms with E-state index in [1.807, 2.05) is 0 Å². The minimum atomic E-state index is -0.0135. The van der Waals surface area contributed by atoms with Gasteiger partial charge < -0.3 is 4.74 Å². The topological polar surface area (TPSA) is 35.0 Å². The van der Waals surface area contributed by atoms with Gasteiger partial charge in [-0.05, 0) is 47.8 Å². The first-order chi connectivity index (χ1) is 9.67. The van der Waals surface area contributed by atoms with E-state index >= 15 is 0 Å². The molecule has 0 radical (unpaired) electrons. The summed E-state index contributed by atoms with van der Waals surface area (Å²) >= 11 is 8.52. The molecule has 3 nitrogen and oxygen atoms in total. The van der Waals surface area contributed by atoms with Crippen molar-refractivity contribution in [2.45, 2.75) is 58.0 Å². The number of halogens is 2. The van der Waals surface area contributed by atoms with E-state index in [2.05, 4.69) is 34.5 Å². The van der Waals surface area contributed by atoms with Crippen LogP contribution >= 0.6 is 34.2 Å². The number of hydrogen-bond acceptors (Lipinski definition) is 3. The predicted molar refractivity (Wildman–Crippen MR) is 90.1 cm³/mol. The lowest BCUT2D eigenvalue weighted by molar-refractivity contribution is 0.0287. The zero-order valence-electron chi connectivity index (χ0n) is 12.2. The second-order valence-corrected chi connectivity index (χ2v) is 6.87. The van der Waals surface area contributed by atoms with Crippen LogP contribution in [-0.4, -0.2) is 17.1 Å². The van der Waals surface area contributed by atoms with Crippen LogP contribution in [0.1, 0.15) is 63.1 Å². The zero-order valence-corrected chi connectivity index (χ0v) is 15.1. The van der Waals surface area contributed by atoms with E-state index in [9.17, 15) is 0 Å². The number of hydrogen-bond donors (Lipinski definition) is 0. The molecule has 1 aromatic heterocycles. The van der Waals surface area contributed by atoms with Crippen molar-refractivity contribution >= 4 is 34.2 Å². The standard InChI is InChI=1S/C15H22ClIN2O/c1-3-7-11-12(17)14(16)19-15(18-11)13(20-2)10-8-5-4-6-9-10/h10,13H,3-9H2,1-2H3. The summed E-state index contributed by atoms with van der Waals surface area (Å²) in [4.78, 5) is 9.22. The van der Waals surface area contributed by atoms with E-state index in [0.717, 1.165) is 27.9 Å². The Balaban J connectivity index is 2.28. The zero-order chi connectivity index (χ0) is 14.5. The third kappa shape index (κ3) is 3.83. The summed E-state index contributed by atoms with van der Waals surface area (Å²) < 4.78 is 6.70. The highest BCUT2D eigenvalue weighted by molar-refractivity contribution is 14.1. The summed E-state index contributed by atoms with van der Waals surface area (Å²) in [6.07, 6.45) is 8.29. The molecule has 112 valence electrons. The fraction of sp³-hybridized carbons (Fsp3) is 0.733. The van der Waals surface area contributed by atoms with Crippen LogP contribution in [-0.2, 0) is 11.2 Å². The molecule has 0 aromatic carbocycles. The summed E-state index contributed by atoms with van der Waals surface area (Å²) in [5, 5.41) is 0.567. The maximum atomic E-state index is 6.28. The molecule has 2 rings (SSSR count). The van der Waals surface area contributed by atoms with Crippen LogP contribution in [0.25, 0.3) is 0 Å². The van der Waals surface area contributed by atoms with Gasteiger partial charge in [-0.3, -0.25) is 0 Å². The van der Waals surface area contributed by atoms with Crippen molar-refractivity contribution in [1.82, 2.24) is 9.97 Å². The summed E-state index contributed by atoms with van der Waals surface area (Å²) in [5.41, 5.74) is 1.06. The molecule has 1 fully saturated rings. The summed E-state index contributed by atoms with van der Waals surface area (Å²) in [7, 11) is 1.76. The molecular weight excluding hydrogens is 387 g/mol. The second kappa shape index (κ2) is 7.90. The van der Waals surface area contributed by atoms with Gasteiger partial charge >= 0.3 is 0 Å². The van der Waals surface area contributed by atoms with Gasteiger partial charge in [-0.25, -0.2) is 9.97 Å². The molecule has 20 heavy (non-hydrogen) atoms. The lowest BCUT2D eigenvalue weighted by Gasteiger charge is -2.28. The smallest absolute Gasteiger partial charge is 0.159 e. The number of methoxy groups -OCH3 is 1. The van der Waals surface area contributed by atoms with Gasteiger partial charge in [0.05, 0.1) is 9.26 Å². The lowest BCUT2D eigenvalue weighted by atomic mass is 9.85. The van der Waals surface area contributed by atoms with Gasteiger partial charge in [-0.1, -0.05) is 44.2 Å². The van der Waals surface area contributed by atoms with Crippen molar-refractivity contribution in [2.75, 3.05) is 7.11 Å². The molecule has 0 saturated heterocycles. The Morgan fingerprint density at radius 3 is 2.60 bits per heavy atom. The fourth-order valence-electron chi connectivity index (χ4n) is 2.96. The van der Waals surface area contributed by atoms with Crippen molar-refractivity contribution in [3.05, 3.63) is 20.2 Å². The average Bonchev–Trinajstić information content (AvgIpc) is 2.46. The molecular formula is C15H22ClIN2O. The monoisotopic (exact) mass is 408 g/mol. The molecule has 1 atom stereocenters.